The van der Waals surface area contributed by atoms with Crippen molar-refractivity contribution in [1.82, 2.24) is 30.0 Å². The molecule has 1 saturated heterocycles. The number of benzene rings is 2. The van der Waals surface area contributed by atoms with E-state index in [1.807, 2.05) is 22.8 Å². The lowest BCUT2D eigenvalue weighted by atomic mass is 10.0. The van der Waals surface area contributed by atoms with E-state index in [2.05, 4.69) is 61.9 Å². The van der Waals surface area contributed by atoms with E-state index in [1.165, 1.54) is 16.5 Å². The molecule has 3 N–H and O–H groups in total. The molecule has 166 valence electrons. The predicted octanol–water partition coefficient (Wildman–Crippen LogP) is 2.91. The highest BCUT2D eigenvalue weighted by Gasteiger charge is 2.35. The normalized spacial score (nSPS) is 19.2. The van der Waals surface area contributed by atoms with Crippen molar-refractivity contribution in [3.05, 3.63) is 78.5 Å². The van der Waals surface area contributed by atoms with Gasteiger partial charge in [-0.1, -0.05) is 30.3 Å². The number of rotatable bonds is 9. The van der Waals surface area contributed by atoms with Crippen molar-refractivity contribution in [2.24, 2.45) is 0 Å². The van der Waals surface area contributed by atoms with Gasteiger partial charge in [-0.25, -0.2) is 0 Å². The number of aryl methyl sites for hydroxylation is 1. The van der Waals surface area contributed by atoms with E-state index >= 15 is 0 Å². The quantitative estimate of drug-likeness (QED) is 0.380. The first-order chi connectivity index (χ1) is 15.7. The number of H-pyrrole nitrogens is 1. The Hall–Kier alpha value is -3.00. The van der Waals surface area contributed by atoms with E-state index in [-0.39, 0.29) is 0 Å². The number of hydrogen-bond donors (Lipinski definition) is 3. The maximum absolute atomic E-state index is 11.0. The number of nitrogens with one attached hydrogen (secondary N) is 2. The lowest BCUT2D eigenvalue weighted by molar-refractivity contribution is 0.0488. The molecule has 2 aromatic heterocycles. The Morgan fingerprint density at radius 2 is 1.94 bits per heavy atom. The Morgan fingerprint density at radius 1 is 1.09 bits per heavy atom. The molecule has 7 heteroatoms. The minimum Gasteiger partial charge on any atom is -0.387 e. The first-order valence-corrected chi connectivity index (χ1v) is 11.3. The topological polar surface area (TPSA) is 82.0 Å². The van der Waals surface area contributed by atoms with Gasteiger partial charge < -0.3 is 20.3 Å². The number of fused-ring (bicyclic) bond motifs is 1. The molecule has 4 aromatic rings. The van der Waals surface area contributed by atoms with Crippen LogP contribution in [0.15, 0.2) is 67.4 Å². The molecule has 1 fully saturated rings. The van der Waals surface area contributed by atoms with Gasteiger partial charge in [-0.05, 0) is 55.1 Å². The predicted molar refractivity (Wildman–Crippen MR) is 126 cm³/mol. The summed E-state index contributed by atoms with van der Waals surface area (Å²) in [5.41, 5.74) is 4.16. The molecule has 0 amide bonds. The van der Waals surface area contributed by atoms with Crippen LogP contribution < -0.4 is 5.32 Å². The number of nitrogens with zero attached hydrogens (tertiary/aromatic N) is 4. The zero-order chi connectivity index (χ0) is 21.8. The van der Waals surface area contributed by atoms with Crippen molar-refractivity contribution < 1.29 is 5.11 Å². The third-order valence-corrected chi connectivity index (χ3v) is 6.43. The van der Waals surface area contributed by atoms with Crippen LogP contribution in [0.5, 0.6) is 0 Å². The van der Waals surface area contributed by atoms with Crippen LogP contribution in [0.4, 0.5) is 0 Å². The summed E-state index contributed by atoms with van der Waals surface area (Å²) >= 11 is 0. The number of aromatic amines is 1. The lowest BCUT2D eigenvalue weighted by Gasteiger charge is -2.24. The molecule has 1 atom stereocenters. The van der Waals surface area contributed by atoms with Gasteiger partial charge >= 0.3 is 0 Å². The maximum Gasteiger partial charge on any atom is 0.123 e. The van der Waals surface area contributed by atoms with Crippen molar-refractivity contribution in [3.63, 3.8) is 0 Å². The molecule has 0 bridgehead atoms. The second-order valence-corrected chi connectivity index (χ2v) is 8.86. The summed E-state index contributed by atoms with van der Waals surface area (Å²) in [7, 11) is 0. The second-order valence-electron chi connectivity index (χ2n) is 8.86. The van der Waals surface area contributed by atoms with Gasteiger partial charge in [0.2, 0.25) is 0 Å². The second kappa shape index (κ2) is 9.24. The van der Waals surface area contributed by atoms with E-state index in [0.717, 1.165) is 56.6 Å². The van der Waals surface area contributed by atoms with E-state index in [4.69, 9.17) is 0 Å². The number of hydrogen-bond acceptors (Lipinski definition) is 5. The van der Waals surface area contributed by atoms with Gasteiger partial charge in [0.15, 0.2) is 0 Å². The highest BCUT2D eigenvalue weighted by Crippen LogP contribution is 2.24. The fourth-order valence-electron chi connectivity index (χ4n) is 4.67. The molecular weight excluding hydrogens is 400 g/mol. The van der Waals surface area contributed by atoms with Gasteiger partial charge in [0.1, 0.15) is 12.7 Å². The summed E-state index contributed by atoms with van der Waals surface area (Å²) in [5, 5.41) is 23.4. The summed E-state index contributed by atoms with van der Waals surface area (Å²) in [6, 6.07) is 16.7. The van der Waals surface area contributed by atoms with Crippen molar-refractivity contribution in [1.29, 1.82) is 0 Å². The van der Waals surface area contributed by atoms with Gasteiger partial charge in [0, 0.05) is 49.0 Å². The third-order valence-electron chi connectivity index (χ3n) is 6.43. The van der Waals surface area contributed by atoms with Crippen LogP contribution in [-0.4, -0.2) is 61.5 Å². The summed E-state index contributed by atoms with van der Waals surface area (Å²) in [5.74, 6) is 0. The molecule has 1 unspecified atom stereocenters. The third kappa shape index (κ3) is 4.75. The molecular formula is C25H30N6O. The Labute approximate surface area is 188 Å². The van der Waals surface area contributed by atoms with Crippen molar-refractivity contribution in [2.75, 3.05) is 26.2 Å². The molecule has 2 aromatic carbocycles. The van der Waals surface area contributed by atoms with Crippen LogP contribution in [0.3, 0.4) is 0 Å². The largest absolute Gasteiger partial charge is 0.387 e. The smallest absolute Gasteiger partial charge is 0.123 e. The van der Waals surface area contributed by atoms with E-state index in [1.54, 1.807) is 12.7 Å². The summed E-state index contributed by atoms with van der Waals surface area (Å²) in [4.78, 5) is 5.78. The number of aliphatic hydroxyl groups is 1. The summed E-state index contributed by atoms with van der Waals surface area (Å²) in [6.07, 6.45) is 8.45. The molecule has 32 heavy (non-hydrogen) atoms. The van der Waals surface area contributed by atoms with E-state index in [9.17, 15) is 5.11 Å². The van der Waals surface area contributed by atoms with E-state index in [0.29, 0.717) is 6.54 Å². The zero-order valence-electron chi connectivity index (χ0n) is 18.2. The van der Waals surface area contributed by atoms with Gasteiger partial charge in [0.05, 0.1) is 5.60 Å². The number of likely N-dealkylation sites (tertiary alicyclic amines) is 1. The van der Waals surface area contributed by atoms with Crippen LogP contribution in [-0.2, 0) is 13.0 Å². The molecule has 0 spiro atoms. The Bertz CT molecular complexity index is 1140. The SMILES string of the molecule is OC1(CNCc2ccccc2)CCN(CCCc2c[nH]c3ccc(-n4cnnc4)cc23)C1. The van der Waals surface area contributed by atoms with Crippen molar-refractivity contribution in [3.8, 4) is 5.69 Å². The Kier molecular flexibility index (Phi) is 6.03. The maximum atomic E-state index is 11.0. The summed E-state index contributed by atoms with van der Waals surface area (Å²) in [6.45, 7) is 4.11. The van der Waals surface area contributed by atoms with Crippen LogP contribution in [0.1, 0.15) is 24.0 Å². The van der Waals surface area contributed by atoms with Crippen molar-refractivity contribution in [2.45, 2.75) is 31.4 Å². The molecule has 3 heterocycles. The zero-order valence-corrected chi connectivity index (χ0v) is 18.2. The monoisotopic (exact) mass is 430 g/mol. The Balaban J connectivity index is 1.12. The highest BCUT2D eigenvalue weighted by molar-refractivity contribution is 5.85. The highest BCUT2D eigenvalue weighted by atomic mass is 16.3. The Morgan fingerprint density at radius 3 is 2.78 bits per heavy atom. The van der Waals surface area contributed by atoms with Crippen molar-refractivity contribution >= 4 is 10.9 Å². The first kappa shape index (κ1) is 20.9. The van der Waals surface area contributed by atoms with Crippen LogP contribution >= 0.6 is 0 Å². The standard InChI is InChI=1S/C25H30N6O/c32-25(16-26-14-20-5-2-1-3-6-20)10-12-30(17-25)11-4-7-21-15-27-24-9-8-22(13-23(21)24)31-18-28-29-19-31/h1-3,5-6,8-9,13,15,18-19,26-27,32H,4,7,10-12,14,16-17H2. The van der Waals surface area contributed by atoms with E-state index < -0.39 is 5.60 Å². The van der Waals surface area contributed by atoms with Gasteiger partial charge in [-0.15, -0.1) is 10.2 Å². The van der Waals surface area contributed by atoms with Gasteiger partial charge in [-0.3, -0.25) is 4.57 Å². The molecule has 0 radical (unpaired) electrons. The molecule has 0 saturated carbocycles. The van der Waals surface area contributed by atoms with Crippen LogP contribution in [0.2, 0.25) is 0 Å². The average Bonchev–Trinajstić information content (AvgIpc) is 3.55. The first-order valence-electron chi connectivity index (χ1n) is 11.3. The molecule has 5 rings (SSSR count). The minimum atomic E-state index is -0.636. The fourth-order valence-corrected chi connectivity index (χ4v) is 4.67. The van der Waals surface area contributed by atoms with Gasteiger partial charge in [0.25, 0.3) is 0 Å². The fraction of sp³-hybridized carbons (Fsp3) is 0.360. The number of β-amino-alcohol motifs (C(OH)–C–C–N with tert-alkyl or cyclic N) is 1. The molecule has 0 aliphatic carbocycles. The average molecular weight is 431 g/mol. The summed E-state index contributed by atoms with van der Waals surface area (Å²) < 4.78 is 1.92. The van der Waals surface area contributed by atoms with Crippen LogP contribution in [0.25, 0.3) is 16.6 Å². The minimum absolute atomic E-state index is 0.632. The molecule has 7 nitrogen and oxygen atoms in total. The van der Waals surface area contributed by atoms with Crippen LogP contribution in [0, 0.1) is 0 Å². The molecule has 1 aliphatic heterocycles. The lowest BCUT2D eigenvalue weighted by Crippen LogP contribution is -2.43. The molecule has 1 aliphatic rings. The van der Waals surface area contributed by atoms with Gasteiger partial charge in [-0.2, -0.15) is 0 Å². The number of aromatic nitrogens is 4.